The van der Waals surface area contributed by atoms with Gasteiger partial charge in [0, 0.05) is 14.9 Å². The van der Waals surface area contributed by atoms with Gasteiger partial charge in [0.2, 0.25) is 5.91 Å². The molecule has 10 heteroatoms. The number of carbonyl (C=O) groups excluding carboxylic acids is 1. The number of amides is 1. The zero-order valence-corrected chi connectivity index (χ0v) is 20.3. The van der Waals surface area contributed by atoms with Gasteiger partial charge in [-0.15, -0.1) is 11.3 Å². The number of aryl methyl sites for hydroxylation is 2. The Morgan fingerprint density at radius 3 is 2.52 bits per heavy atom. The molecule has 0 fully saturated rings. The van der Waals surface area contributed by atoms with E-state index in [4.69, 9.17) is 27.9 Å². The molecular weight excluding hydrogens is 485 g/mol. The van der Waals surface area contributed by atoms with Crippen LogP contribution in [0.3, 0.4) is 0 Å². The molecule has 0 spiro atoms. The van der Waals surface area contributed by atoms with Gasteiger partial charge >= 0.3 is 5.69 Å². The number of nitrogens with zero attached hydrogens (tertiary/aromatic N) is 2. The van der Waals surface area contributed by atoms with E-state index in [1.165, 1.54) is 29.1 Å². The SMILES string of the molecule is COc1ccc(Cl)cc1NC(=O)Cn1c(=O)n(-c2cccc(Cl)c2)c(=O)c2c(C)c(C)sc21. The van der Waals surface area contributed by atoms with Crippen molar-refractivity contribution in [2.75, 3.05) is 12.4 Å². The summed E-state index contributed by atoms with van der Waals surface area (Å²) in [6.07, 6.45) is 0. The largest absolute Gasteiger partial charge is 0.495 e. The van der Waals surface area contributed by atoms with Gasteiger partial charge in [-0.05, 0) is 55.8 Å². The second kappa shape index (κ2) is 9.05. The molecule has 0 saturated heterocycles. The third kappa shape index (κ3) is 4.29. The Morgan fingerprint density at radius 1 is 1.09 bits per heavy atom. The van der Waals surface area contributed by atoms with Crippen LogP contribution < -0.4 is 21.3 Å². The van der Waals surface area contributed by atoms with Gasteiger partial charge in [0.1, 0.15) is 17.1 Å². The predicted octanol–water partition coefficient (Wildman–Crippen LogP) is 4.78. The Balaban J connectivity index is 1.86. The van der Waals surface area contributed by atoms with E-state index in [2.05, 4.69) is 5.32 Å². The lowest BCUT2D eigenvalue weighted by molar-refractivity contribution is -0.116. The highest BCUT2D eigenvalue weighted by Crippen LogP contribution is 2.29. The van der Waals surface area contributed by atoms with Gasteiger partial charge in [0.05, 0.1) is 23.9 Å². The third-order valence-electron chi connectivity index (χ3n) is 5.25. The number of hydrogen-bond acceptors (Lipinski definition) is 5. The van der Waals surface area contributed by atoms with E-state index in [0.29, 0.717) is 37.4 Å². The second-order valence-corrected chi connectivity index (χ2v) is 9.42. The maximum absolute atomic E-state index is 13.5. The topological polar surface area (TPSA) is 82.3 Å². The van der Waals surface area contributed by atoms with E-state index >= 15 is 0 Å². The van der Waals surface area contributed by atoms with Gasteiger partial charge < -0.3 is 10.1 Å². The summed E-state index contributed by atoms with van der Waals surface area (Å²) < 4.78 is 7.61. The molecule has 1 amide bonds. The fraction of sp³-hybridized carbons (Fsp3) is 0.174. The first-order valence-corrected chi connectivity index (χ1v) is 11.4. The molecule has 0 saturated carbocycles. The zero-order valence-electron chi connectivity index (χ0n) is 17.9. The van der Waals surface area contributed by atoms with Crippen LogP contribution in [-0.4, -0.2) is 22.2 Å². The maximum atomic E-state index is 13.5. The number of halogens is 2. The molecule has 0 aliphatic rings. The van der Waals surface area contributed by atoms with Crippen molar-refractivity contribution in [3.05, 3.63) is 83.8 Å². The van der Waals surface area contributed by atoms with E-state index in [1.807, 2.05) is 13.8 Å². The van der Waals surface area contributed by atoms with Crippen LogP contribution in [0.25, 0.3) is 15.9 Å². The minimum Gasteiger partial charge on any atom is -0.495 e. The van der Waals surface area contributed by atoms with Crippen molar-refractivity contribution in [3.63, 3.8) is 0 Å². The molecule has 7 nitrogen and oxygen atoms in total. The number of carbonyl (C=O) groups is 1. The van der Waals surface area contributed by atoms with Crippen molar-refractivity contribution in [1.29, 1.82) is 0 Å². The molecule has 2 heterocycles. The summed E-state index contributed by atoms with van der Waals surface area (Å²) in [6, 6.07) is 11.3. The van der Waals surface area contributed by atoms with Crippen LogP contribution in [-0.2, 0) is 11.3 Å². The molecule has 0 aliphatic heterocycles. The Labute approximate surface area is 202 Å². The molecule has 4 aromatic rings. The lowest BCUT2D eigenvalue weighted by Crippen LogP contribution is -2.40. The lowest BCUT2D eigenvalue weighted by atomic mass is 10.2. The molecule has 1 N–H and O–H groups in total. The highest BCUT2D eigenvalue weighted by atomic mass is 35.5. The summed E-state index contributed by atoms with van der Waals surface area (Å²) in [6.45, 7) is 3.38. The van der Waals surface area contributed by atoms with Crippen LogP contribution in [0.2, 0.25) is 10.0 Å². The molecule has 2 aromatic carbocycles. The number of fused-ring (bicyclic) bond motifs is 1. The molecular formula is C23H19Cl2N3O4S. The van der Waals surface area contributed by atoms with Crippen LogP contribution in [0, 0.1) is 13.8 Å². The van der Waals surface area contributed by atoms with Crippen LogP contribution >= 0.6 is 34.5 Å². The molecule has 0 aliphatic carbocycles. The number of rotatable bonds is 5. The number of nitrogens with one attached hydrogen (secondary N) is 1. The Hall–Kier alpha value is -3.07. The smallest absolute Gasteiger partial charge is 0.337 e. The van der Waals surface area contributed by atoms with E-state index in [-0.39, 0.29) is 6.54 Å². The van der Waals surface area contributed by atoms with E-state index < -0.39 is 17.2 Å². The number of hydrogen-bond donors (Lipinski definition) is 1. The summed E-state index contributed by atoms with van der Waals surface area (Å²) in [5.41, 5.74) is 0.382. The van der Waals surface area contributed by atoms with Crippen LogP contribution in [0.4, 0.5) is 5.69 Å². The first-order valence-electron chi connectivity index (χ1n) is 9.86. The number of benzene rings is 2. The average Bonchev–Trinajstić information content (AvgIpc) is 3.06. The van der Waals surface area contributed by atoms with Gasteiger partial charge in [0.25, 0.3) is 5.56 Å². The molecule has 4 rings (SSSR count). The predicted molar refractivity (Wildman–Crippen MR) is 133 cm³/mol. The van der Waals surface area contributed by atoms with Gasteiger partial charge in [-0.3, -0.25) is 14.2 Å². The number of methoxy groups -OCH3 is 1. The van der Waals surface area contributed by atoms with Crippen molar-refractivity contribution >= 4 is 56.3 Å². The van der Waals surface area contributed by atoms with Crippen LogP contribution in [0.5, 0.6) is 5.75 Å². The van der Waals surface area contributed by atoms with Gasteiger partial charge in [-0.25, -0.2) is 9.36 Å². The van der Waals surface area contributed by atoms with Crippen molar-refractivity contribution in [3.8, 4) is 11.4 Å². The van der Waals surface area contributed by atoms with Crippen LogP contribution in [0.1, 0.15) is 10.4 Å². The molecule has 0 bridgehead atoms. The van der Waals surface area contributed by atoms with Gasteiger partial charge in [-0.1, -0.05) is 29.3 Å². The Kier molecular flexibility index (Phi) is 6.34. The third-order valence-corrected chi connectivity index (χ3v) is 6.96. The molecule has 2 aromatic heterocycles. The maximum Gasteiger partial charge on any atom is 0.337 e. The second-order valence-electron chi connectivity index (χ2n) is 7.35. The first-order chi connectivity index (χ1) is 15.7. The first kappa shape index (κ1) is 23.1. The number of anilines is 1. The molecule has 33 heavy (non-hydrogen) atoms. The molecule has 0 radical (unpaired) electrons. The number of aromatic nitrogens is 2. The summed E-state index contributed by atoms with van der Waals surface area (Å²) in [7, 11) is 1.48. The summed E-state index contributed by atoms with van der Waals surface area (Å²) in [5.74, 6) is -0.0454. The minimum atomic E-state index is -0.635. The lowest BCUT2D eigenvalue weighted by Gasteiger charge is -2.14. The van der Waals surface area contributed by atoms with Crippen molar-refractivity contribution in [1.82, 2.24) is 9.13 Å². The number of thiophene rings is 1. The molecule has 170 valence electrons. The highest BCUT2D eigenvalue weighted by molar-refractivity contribution is 7.18. The van der Waals surface area contributed by atoms with E-state index in [9.17, 15) is 14.4 Å². The fourth-order valence-electron chi connectivity index (χ4n) is 3.55. The average molecular weight is 504 g/mol. The summed E-state index contributed by atoms with van der Waals surface area (Å²) in [5, 5.41) is 3.93. The van der Waals surface area contributed by atoms with Gasteiger partial charge in [0.15, 0.2) is 0 Å². The summed E-state index contributed by atoms with van der Waals surface area (Å²) >= 11 is 13.4. The zero-order chi connectivity index (χ0) is 23.9. The Bertz CT molecular complexity index is 1520. The van der Waals surface area contributed by atoms with Crippen LogP contribution in [0.15, 0.2) is 52.1 Å². The normalized spacial score (nSPS) is 11.1. The van der Waals surface area contributed by atoms with E-state index in [1.54, 1.807) is 36.4 Å². The minimum absolute atomic E-state index is 0.314. The molecule has 0 atom stereocenters. The fourth-order valence-corrected chi connectivity index (χ4v) is 5.05. The van der Waals surface area contributed by atoms with Crippen molar-refractivity contribution in [2.45, 2.75) is 20.4 Å². The van der Waals surface area contributed by atoms with Crippen molar-refractivity contribution in [2.24, 2.45) is 0 Å². The Morgan fingerprint density at radius 2 is 1.82 bits per heavy atom. The van der Waals surface area contributed by atoms with Gasteiger partial charge in [-0.2, -0.15) is 0 Å². The van der Waals surface area contributed by atoms with Crippen molar-refractivity contribution < 1.29 is 9.53 Å². The quantitative estimate of drug-likeness (QED) is 0.424. The highest BCUT2D eigenvalue weighted by Gasteiger charge is 2.21. The number of ether oxygens (including phenoxy) is 1. The molecule has 0 unspecified atom stereocenters. The summed E-state index contributed by atoms with van der Waals surface area (Å²) in [4.78, 5) is 41.1. The monoisotopic (exact) mass is 503 g/mol. The standard InChI is InChI=1S/C23H19Cl2N3O4S/c1-12-13(2)33-22-20(12)21(30)28(16-6-4-5-14(24)9-16)23(31)27(22)11-19(29)26-17-10-15(25)7-8-18(17)32-3/h4-10H,11H2,1-3H3,(H,26,29). The van der Waals surface area contributed by atoms with E-state index in [0.717, 1.165) is 15.0 Å².